The molecule has 0 saturated heterocycles. The minimum atomic E-state index is 0.192. The summed E-state index contributed by atoms with van der Waals surface area (Å²) in [6, 6.07) is 10.4. The molecule has 0 aromatic heterocycles. The zero-order valence-corrected chi connectivity index (χ0v) is 13.8. The SMILES string of the molecule is [C-]#[N+]c1cccc2c1N(c1cc(C)cc(C)c1C)[C@@H](C)N2C. The van der Waals surface area contributed by atoms with Gasteiger partial charge in [0.05, 0.1) is 17.9 Å². The van der Waals surface area contributed by atoms with Gasteiger partial charge in [-0.05, 0) is 56.5 Å². The van der Waals surface area contributed by atoms with E-state index in [0.717, 1.165) is 11.4 Å². The Balaban J connectivity index is 2.29. The fourth-order valence-corrected chi connectivity index (χ4v) is 3.29. The van der Waals surface area contributed by atoms with E-state index < -0.39 is 0 Å². The largest absolute Gasteiger partial charge is 0.354 e. The lowest BCUT2D eigenvalue weighted by Crippen LogP contribution is -2.36. The third-order valence-electron chi connectivity index (χ3n) is 4.71. The van der Waals surface area contributed by atoms with E-state index in [1.54, 1.807) is 0 Å². The molecule has 0 bridgehead atoms. The van der Waals surface area contributed by atoms with Gasteiger partial charge in [-0.15, -0.1) is 0 Å². The molecule has 0 amide bonds. The minimum Gasteiger partial charge on any atom is -0.354 e. The van der Waals surface area contributed by atoms with Crippen LogP contribution in [0.5, 0.6) is 0 Å². The molecule has 3 nitrogen and oxygen atoms in total. The molecule has 22 heavy (non-hydrogen) atoms. The van der Waals surface area contributed by atoms with Crippen LogP contribution in [0.3, 0.4) is 0 Å². The Hall–Kier alpha value is -2.47. The van der Waals surface area contributed by atoms with Crippen LogP contribution in [0, 0.1) is 27.3 Å². The van der Waals surface area contributed by atoms with Crippen LogP contribution in [0.1, 0.15) is 23.6 Å². The van der Waals surface area contributed by atoms with Gasteiger partial charge in [0.15, 0.2) is 0 Å². The van der Waals surface area contributed by atoms with Crippen molar-refractivity contribution in [3.63, 3.8) is 0 Å². The van der Waals surface area contributed by atoms with Crippen LogP contribution in [0.25, 0.3) is 4.85 Å². The second-order valence-electron chi connectivity index (χ2n) is 6.10. The van der Waals surface area contributed by atoms with E-state index in [-0.39, 0.29) is 6.17 Å². The molecule has 1 aliphatic rings. The summed E-state index contributed by atoms with van der Waals surface area (Å²) in [6.45, 7) is 16.1. The topological polar surface area (TPSA) is 10.8 Å². The van der Waals surface area contributed by atoms with Crippen LogP contribution in [0.4, 0.5) is 22.7 Å². The number of hydrogen-bond donors (Lipinski definition) is 0. The number of anilines is 3. The summed E-state index contributed by atoms with van der Waals surface area (Å²) in [4.78, 5) is 8.28. The molecule has 0 aliphatic carbocycles. The highest BCUT2D eigenvalue weighted by molar-refractivity contribution is 5.93. The molecule has 1 aliphatic heterocycles. The van der Waals surface area contributed by atoms with Gasteiger partial charge >= 0.3 is 0 Å². The van der Waals surface area contributed by atoms with E-state index in [1.807, 2.05) is 12.1 Å². The van der Waals surface area contributed by atoms with E-state index in [2.05, 4.69) is 67.6 Å². The molecule has 2 aromatic rings. The summed E-state index contributed by atoms with van der Waals surface area (Å²) in [7, 11) is 2.09. The van der Waals surface area contributed by atoms with Crippen molar-refractivity contribution in [2.45, 2.75) is 33.9 Å². The number of rotatable bonds is 1. The van der Waals surface area contributed by atoms with Crippen molar-refractivity contribution in [3.8, 4) is 0 Å². The number of aryl methyl sites for hydroxylation is 2. The Morgan fingerprint density at radius 1 is 1.09 bits per heavy atom. The molecule has 1 atom stereocenters. The van der Waals surface area contributed by atoms with Crippen molar-refractivity contribution in [2.75, 3.05) is 16.8 Å². The molecule has 0 unspecified atom stereocenters. The van der Waals surface area contributed by atoms with Crippen LogP contribution in [-0.4, -0.2) is 13.2 Å². The normalized spacial score (nSPS) is 16.6. The minimum absolute atomic E-state index is 0.192. The van der Waals surface area contributed by atoms with E-state index >= 15 is 0 Å². The molecule has 112 valence electrons. The quantitative estimate of drug-likeness (QED) is 0.677. The zero-order chi connectivity index (χ0) is 16.0. The predicted molar refractivity (Wildman–Crippen MR) is 93.4 cm³/mol. The molecule has 3 heteroatoms. The van der Waals surface area contributed by atoms with Gasteiger partial charge in [-0.25, -0.2) is 4.85 Å². The van der Waals surface area contributed by atoms with Gasteiger partial charge in [0, 0.05) is 12.7 Å². The van der Waals surface area contributed by atoms with E-state index in [4.69, 9.17) is 6.57 Å². The van der Waals surface area contributed by atoms with Gasteiger partial charge in [-0.3, -0.25) is 0 Å². The summed E-state index contributed by atoms with van der Waals surface area (Å²) < 4.78 is 0. The molecule has 3 rings (SSSR count). The summed E-state index contributed by atoms with van der Waals surface area (Å²) in [5, 5.41) is 0. The second kappa shape index (κ2) is 5.06. The predicted octanol–water partition coefficient (Wildman–Crippen LogP) is 5.10. The summed E-state index contributed by atoms with van der Waals surface area (Å²) in [5.74, 6) is 0. The maximum absolute atomic E-state index is 7.51. The smallest absolute Gasteiger partial charge is 0.212 e. The first-order valence-corrected chi connectivity index (χ1v) is 7.56. The van der Waals surface area contributed by atoms with Crippen LogP contribution >= 0.6 is 0 Å². The molecule has 0 fully saturated rings. The zero-order valence-electron chi connectivity index (χ0n) is 13.8. The Labute approximate surface area is 132 Å². The number of fused-ring (bicyclic) bond motifs is 1. The highest BCUT2D eigenvalue weighted by atomic mass is 15.4. The molecule has 0 saturated carbocycles. The van der Waals surface area contributed by atoms with Gasteiger partial charge in [0.2, 0.25) is 5.69 Å². The van der Waals surface area contributed by atoms with Crippen molar-refractivity contribution in [3.05, 3.63) is 58.4 Å². The summed E-state index contributed by atoms with van der Waals surface area (Å²) in [5.41, 5.74) is 7.89. The summed E-state index contributed by atoms with van der Waals surface area (Å²) >= 11 is 0. The van der Waals surface area contributed by atoms with E-state index in [0.29, 0.717) is 5.69 Å². The first-order chi connectivity index (χ1) is 10.5. The van der Waals surface area contributed by atoms with Gasteiger partial charge in [0.25, 0.3) is 0 Å². The Bertz CT molecular complexity index is 786. The molecular formula is C19H21N3. The third kappa shape index (κ3) is 1.95. The Morgan fingerprint density at radius 2 is 1.82 bits per heavy atom. The number of hydrogen-bond acceptors (Lipinski definition) is 2. The molecule has 0 radical (unpaired) electrons. The van der Waals surface area contributed by atoms with Gasteiger partial charge in [0.1, 0.15) is 6.17 Å². The van der Waals surface area contributed by atoms with E-state index in [9.17, 15) is 0 Å². The maximum Gasteiger partial charge on any atom is 0.212 e. The molecule has 0 spiro atoms. The second-order valence-corrected chi connectivity index (χ2v) is 6.10. The fourth-order valence-electron chi connectivity index (χ4n) is 3.29. The molecule has 0 N–H and O–H groups in total. The summed E-state index contributed by atoms with van der Waals surface area (Å²) in [6.07, 6.45) is 0.192. The number of benzene rings is 2. The van der Waals surface area contributed by atoms with Crippen molar-refractivity contribution in [2.24, 2.45) is 0 Å². The fraction of sp³-hybridized carbons (Fsp3) is 0.316. The first kappa shape index (κ1) is 14.5. The van der Waals surface area contributed by atoms with Crippen molar-refractivity contribution < 1.29 is 0 Å². The van der Waals surface area contributed by atoms with Gasteiger partial charge in [-0.1, -0.05) is 18.2 Å². The highest BCUT2D eigenvalue weighted by Crippen LogP contribution is 2.49. The van der Waals surface area contributed by atoms with Crippen LogP contribution < -0.4 is 9.80 Å². The van der Waals surface area contributed by atoms with E-state index in [1.165, 1.54) is 22.4 Å². The monoisotopic (exact) mass is 291 g/mol. The van der Waals surface area contributed by atoms with Crippen molar-refractivity contribution in [1.82, 2.24) is 0 Å². The van der Waals surface area contributed by atoms with Crippen LogP contribution in [0.15, 0.2) is 30.3 Å². The van der Waals surface area contributed by atoms with Crippen molar-refractivity contribution >= 4 is 22.7 Å². The lowest BCUT2D eigenvalue weighted by molar-refractivity contribution is 0.732. The van der Waals surface area contributed by atoms with Crippen LogP contribution in [-0.2, 0) is 0 Å². The Morgan fingerprint density at radius 3 is 2.50 bits per heavy atom. The number of para-hydroxylation sites is 1. The number of nitrogens with zero attached hydrogens (tertiary/aromatic N) is 3. The lowest BCUT2D eigenvalue weighted by atomic mass is 10.0. The standard InChI is InChI=1S/C19H21N3/c1-12-10-13(2)14(3)18(11-12)22-15(4)21(6)17-9-7-8-16(20-5)19(17)22/h7-11,15H,1-4,6H3/t15-/m0/s1. The molecule has 1 heterocycles. The van der Waals surface area contributed by atoms with Crippen LogP contribution in [0.2, 0.25) is 0 Å². The lowest BCUT2D eigenvalue weighted by Gasteiger charge is -2.30. The average molecular weight is 291 g/mol. The molecule has 2 aromatic carbocycles. The molecular weight excluding hydrogens is 270 g/mol. The highest BCUT2D eigenvalue weighted by Gasteiger charge is 2.34. The first-order valence-electron chi connectivity index (χ1n) is 7.56. The van der Waals surface area contributed by atoms with Gasteiger partial charge < -0.3 is 9.80 Å². The third-order valence-corrected chi connectivity index (χ3v) is 4.71. The van der Waals surface area contributed by atoms with Gasteiger partial charge in [-0.2, -0.15) is 0 Å². The maximum atomic E-state index is 7.51. The Kier molecular flexibility index (Phi) is 3.33. The average Bonchev–Trinajstić information content (AvgIpc) is 2.75. The van der Waals surface area contributed by atoms with Crippen molar-refractivity contribution in [1.29, 1.82) is 0 Å².